The monoisotopic (exact) mass is 177 g/mol. The Morgan fingerprint density at radius 3 is 2.62 bits per heavy atom. The molecule has 0 spiro atoms. The van der Waals surface area contributed by atoms with Crippen LogP contribution in [0.2, 0.25) is 0 Å². The number of hydrogen-bond acceptors (Lipinski definition) is 1. The summed E-state index contributed by atoms with van der Waals surface area (Å²) in [5, 5.41) is 7.19. The van der Waals surface area contributed by atoms with E-state index in [1.165, 1.54) is 11.1 Å². The normalized spacial score (nSPS) is 11.4. The summed E-state index contributed by atoms with van der Waals surface area (Å²) in [4.78, 5) is 8.78. The minimum Gasteiger partial charge on any atom is -0.465 e. The lowest BCUT2D eigenvalue weighted by molar-refractivity contribution is 0.205. The highest BCUT2D eigenvalue weighted by Crippen LogP contribution is 2.17. The molecule has 1 aromatic carbocycles. The van der Waals surface area contributed by atoms with E-state index in [1.54, 1.807) is 0 Å². The Balaban J connectivity index is 0.000000184. The lowest BCUT2D eigenvalue weighted by Gasteiger charge is -1.93. The van der Waals surface area contributed by atoms with Gasteiger partial charge in [0, 0.05) is 0 Å². The molecular weight excluding hydrogens is 166 g/mol. The molecule has 0 saturated carbocycles. The number of carboxylic acid groups (broad SMARTS) is 1. The molecule has 0 aliphatic heterocycles. The van der Waals surface area contributed by atoms with Crippen molar-refractivity contribution in [1.29, 1.82) is 0 Å². The number of benzene rings is 1. The number of amides is 1. The third-order valence-electron chi connectivity index (χ3n) is 1.69. The van der Waals surface area contributed by atoms with Gasteiger partial charge in [-0.3, -0.25) is 0 Å². The fourth-order valence-corrected chi connectivity index (χ4v) is 1.20. The fourth-order valence-electron chi connectivity index (χ4n) is 1.20. The zero-order valence-corrected chi connectivity index (χ0v) is 7.10. The molecule has 3 nitrogen and oxygen atoms in total. The maximum Gasteiger partial charge on any atom is 0.402 e. The van der Waals surface area contributed by atoms with Crippen LogP contribution in [0.15, 0.2) is 30.3 Å². The summed E-state index contributed by atoms with van der Waals surface area (Å²) in [6.45, 7) is 0. The fraction of sp³-hybridized carbons (Fsp3) is 0.100. The summed E-state index contributed by atoms with van der Waals surface area (Å²) in [6, 6.07) is 8.49. The van der Waals surface area contributed by atoms with Crippen molar-refractivity contribution in [1.82, 2.24) is 0 Å². The summed E-state index contributed by atoms with van der Waals surface area (Å²) in [7, 11) is 0. The minimum atomic E-state index is -1.33. The molecule has 1 aliphatic rings. The van der Waals surface area contributed by atoms with E-state index in [2.05, 4.69) is 42.2 Å². The van der Waals surface area contributed by atoms with E-state index in [4.69, 9.17) is 9.90 Å². The van der Waals surface area contributed by atoms with Gasteiger partial charge >= 0.3 is 6.09 Å². The average Bonchev–Trinajstić information content (AvgIpc) is 2.49. The van der Waals surface area contributed by atoms with Gasteiger partial charge in [-0.1, -0.05) is 36.4 Å². The summed E-state index contributed by atoms with van der Waals surface area (Å²) >= 11 is 0. The molecule has 68 valence electrons. The largest absolute Gasteiger partial charge is 0.465 e. The topological polar surface area (TPSA) is 63.3 Å². The van der Waals surface area contributed by atoms with Crippen LogP contribution >= 0.6 is 0 Å². The van der Waals surface area contributed by atoms with Crippen LogP contribution in [-0.2, 0) is 6.42 Å². The molecule has 0 fully saturated rings. The van der Waals surface area contributed by atoms with Crippen LogP contribution < -0.4 is 5.73 Å². The van der Waals surface area contributed by atoms with Crippen molar-refractivity contribution < 1.29 is 9.90 Å². The molecule has 1 aromatic rings. The van der Waals surface area contributed by atoms with Crippen LogP contribution in [0.4, 0.5) is 4.79 Å². The van der Waals surface area contributed by atoms with Crippen molar-refractivity contribution in [3.63, 3.8) is 0 Å². The van der Waals surface area contributed by atoms with Crippen LogP contribution in [0.5, 0.6) is 0 Å². The highest BCUT2D eigenvalue weighted by molar-refractivity contribution is 5.61. The Bertz CT molecular complexity index is 327. The predicted molar refractivity (Wildman–Crippen MR) is 51.4 cm³/mol. The molecule has 0 radical (unpaired) electrons. The minimum absolute atomic E-state index is 1.12. The van der Waals surface area contributed by atoms with Crippen molar-refractivity contribution >= 4 is 12.2 Å². The van der Waals surface area contributed by atoms with E-state index in [0.717, 1.165) is 6.42 Å². The third-order valence-corrected chi connectivity index (χ3v) is 1.69. The number of allylic oxidation sites excluding steroid dienone is 1. The van der Waals surface area contributed by atoms with Crippen molar-refractivity contribution in [3.05, 3.63) is 41.5 Å². The molecule has 2 rings (SSSR count). The van der Waals surface area contributed by atoms with Gasteiger partial charge < -0.3 is 10.8 Å². The molecule has 1 aliphatic carbocycles. The van der Waals surface area contributed by atoms with E-state index in [0.29, 0.717) is 0 Å². The zero-order valence-electron chi connectivity index (χ0n) is 7.10. The molecule has 0 saturated heterocycles. The first-order valence-electron chi connectivity index (χ1n) is 3.93. The molecule has 0 aromatic heterocycles. The second kappa shape index (κ2) is 4.30. The summed E-state index contributed by atoms with van der Waals surface area (Å²) in [5.74, 6) is 0. The standard InChI is InChI=1S/C9H8.CH3NO2/c1-2-5-9-7-3-6-8(9)4-1;2-1(3)4/h1-6H,7H2;2H2,(H,3,4). The van der Waals surface area contributed by atoms with E-state index >= 15 is 0 Å². The smallest absolute Gasteiger partial charge is 0.402 e. The average molecular weight is 177 g/mol. The Morgan fingerprint density at radius 1 is 1.38 bits per heavy atom. The Kier molecular flexibility index (Phi) is 3.09. The van der Waals surface area contributed by atoms with Crippen molar-refractivity contribution in [3.8, 4) is 0 Å². The Labute approximate surface area is 76.5 Å². The van der Waals surface area contributed by atoms with Gasteiger partial charge in [0.1, 0.15) is 0 Å². The zero-order chi connectivity index (χ0) is 9.68. The number of rotatable bonds is 0. The van der Waals surface area contributed by atoms with Gasteiger partial charge in [-0.05, 0) is 17.5 Å². The molecule has 1 amide bonds. The van der Waals surface area contributed by atoms with Gasteiger partial charge in [-0.2, -0.15) is 0 Å². The van der Waals surface area contributed by atoms with Crippen LogP contribution in [-0.4, -0.2) is 11.2 Å². The van der Waals surface area contributed by atoms with Gasteiger partial charge in [0.25, 0.3) is 0 Å². The summed E-state index contributed by atoms with van der Waals surface area (Å²) < 4.78 is 0. The first-order valence-corrected chi connectivity index (χ1v) is 3.93. The van der Waals surface area contributed by atoms with E-state index < -0.39 is 6.09 Å². The van der Waals surface area contributed by atoms with Crippen LogP contribution in [0.3, 0.4) is 0 Å². The summed E-state index contributed by atoms with van der Waals surface area (Å²) in [6.07, 6.45) is 4.16. The predicted octanol–water partition coefficient (Wildman–Crippen LogP) is 1.88. The maximum atomic E-state index is 8.78. The second-order valence-corrected chi connectivity index (χ2v) is 2.64. The molecule has 13 heavy (non-hydrogen) atoms. The molecule has 0 atom stereocenters. The summed E-state index contributed by atoms with van der Waals surface area (Å²) in [5.41, 5.74) is 6.87. The first kappa shape index (κ1) is 9.32. The van der Waals surface area contributed by atoms with E-state index in [-0.39, 0.29) is 0 Å². The quantitative estimate of drug-likeness (QED) is 0.635. The highest BCUT2D eigenvalue weighted by atomic mass is 16.4. The Morgan fingerprint density at radius 2 is 2.00 bits per heavy atom. The second-order valence-electron chi connectivity index (χ2n) is 2.64. The molecule has 3 N–H and O–H groups in total. The Hall–Kier alpha value is -1.77. The lowest BCUT2D eigenvalue weighted by Crippen LogP contribution is -2.03. The number of hydrogen-bond donors (Lipinski definition) is 2. The lowest BCUT2D eigenvalue weighted by atomic mass is 10.1. The third kappa shape index (κ3) is 2.99. The number of nitrogens with two attached hydrogens (primary N) is 1. The van der Waals surface area contributed by atoms with Crippen molar-refractivity contribution in [2.45, 2.75) is 6.42 Å². The van der Waals surface area contributed by atoms with Crippen LogP contribution in [0.1, 0.15) is 11.1 Å². The van der Waals surface area contributed by atoms with Gasteiger partial charge in [0.15, 0.2) is 0 Å². The molecule has 0 heterocycles. The molecule has 0 unspecified atom stereocenters. The SMILES string of the molecule is C1=Cc2ccccc2C1.NC(=O)O. The molecular formula is C10H11NO2. The van der Waals surface area contributed by atoms with Crippen LogP contribution in [0.25, 0.3) is 6.08 Å². The number of carbonyl (C=O) groups is 1. The van der Waals surface area contributed by atoms with Gasteiger partial charge in [-0.25, -0.2) is 4.79 Å². The van der Waals surface area contributed by atoms with E-state index in [1.807, 2.05) is 0 Å². The van der Waals surface area contributed by atoms with Crippen LogP contribution in [0, 0.1) is 0 Å². The van der Waals surface area contributed by atoms with Gasteiger partial charge in [-0.15, -0.1) is 0 Å². The number of primary amides is 1. The number of fused-ring (bicyclic) bond motifs is 1. The molecule has 3 heteroatoms. The van der Waals surface area contributed by atoms with Crippen molar-refractivity contribution in [2.24, 2.45) is 5.73 Å². The highest BCUT2D eigenvalue weighted by Gasteiger charge is 2.00. The maximum absolute atomic E-state index is 8.78. The van der Waals surface area contributed by atoms with E-state index in [9.17, 15) is 0 Å². The molecule has 0 bridgehead atoms. The first-order chi connectivity index (χ1) is 6.20. The van der Waals surface area contributed by atoms with Crippen molar-refractivity contribution in [2.75, 3.05) is 0 Å². The van der Waals surface area contributed by atoms with Gasteiger partial charge in [0.2, 0.25) is 0 Å². The van der Waals surface area contributed by atoms with Gasteiger partial charge in [0.05, 0.1) is 0 Å².